The van der Waals surface area contributed by atoms with Crippen molar-refractivity contribution >= 4 is 5.91 Å². The summed E-state index contributed by atoms with van der Waals surface area (Å²) in [5.74, 6) is -0.0190. The number of hydrogen-bond donors (Lipinski definition) is 1. The Kier molecular flexibility index (Phi) is 9.73. The summed E-state index contributed by atoms with van der Waals surface area (Å²) < 4.78 is 0. The normalized spacial score (nSPS) is 10.1. The number of rotatable bonds is 9. The molecule has 0 aliphatic rings. The van der Waals surface area contributed by atoms with Gasteiger partial charge in [0, 0.05) is 6.42 Å². The lowest BCUT2D eigenvalue weighted by atomic mass is 10.2. The van der Waals surface area contributed by atoms with E-state index in [9.17, 15) is 4.79 Å². The predicted molar refractivity (Wildman–Crippen MR) is 64.9 cm³/mol. The van der Waals surface area contributed by atoms with Crippen molar-refractivity contribution in [3.63, 3.8) is 0 Å². The van der Waals surface area contributed by atoms with Gasteiger partial charge in [0.05, 0.1) is 6.07 Å². The van der Waals surface area contributed by atoms with E-state index in [1.165, 1.54) is 0 Å². The first-order valence-corrected chi connectivity index (χ1v) is 6.10. The van der Waals surface area contributed by atoms with Crippen molar-refractivity contribution < 1.29 is 4.79 Å². The summed E-state index contributed by atoms with van der Waals surface area (Å²) in [5, 5.41) is 10.8. The smallest absolute Gasteiger partial charge is 0.220 e. The van der Waals surface area contributed by atoms with Crippen LogP contribution in [0.1, 0.15) is 39.5 Å². The summed E-state index contributed by atoms with van der Waals surface area (Å²) in [6.07, 6.45) is 3.70. The first kappa shape index (κ1) is 14.9. The topological polar surface area (TPSA) is 56.1 Å². The standard InChI is InChI=1S/C12H23N3O/c1-3-9-15(10-4-2)11-5-6-12(16)14-8-7-13/h3-6,8-11H2,1-2H3,(H,14,16). The summed E-state index contributed by atoms with van der Waals surface area (Å²) >= 11 is 0. The largest absolute Gasteiger partial charge is 0.343 e. The Morgan fingerprint density at radius 3 is 2.38 bits per heavy atom. The Labute approximate surface area is 98.6 Å². The van der Waals surface area contributed by atoms with Crippen LogP contribution in [0.3, 0.4) is 0 Å². The molecule has 0 unspecified atom stereocenters. The molecule has 0 saturated heterocycles. The first-order valence-electron chi connectivity index (χ1n) is 6.10. The van der Waals surface area contributed by atoms with E-state index in [2.05, 4.69) is 24.1 Å². The monoisotopic (exact) mass is 225 g/mol. The van der Waals surface area contributed by atoms with E-state index in [1.54, 1.807) is 0 Å². The van der Waals surface area contributed by atoms with Crippen LogP contribution in [0.15, 0.2) is 0 Å². The van der Waals surface area contributed by atoms with Crippen molar-refractivity contribution in [3.8, 4) is 6.07 Å². The Hall–Kier alpha value is -1.08. The summed E-state index contributed by atoms with van der Waals surface area (Å²) in [6.45, 7) is 7.64. The first-order chi connectivity index (χ1) is 7.74. The lowest BCUT2D eigenvalue weighted by molar-refractivity contribution is -0.121. The third-order valence-corrected chi connectivity index (χ3v) is 2.32. The zero-order valence-electron chi connectivity index (χ0n) is 10.5. The molecule has 0 heterocycles. The van der Waals surface area contributed by atoms with Gasteiger partial charge in [-0.1, -0.05) is 13.8 Å². The molecule has 0 aromatic rings. The number of amides is 1. The highest BCUT2D eigenvalue weighted by atomic mass is 16.1. The van der Waals surface area contributed by atoms with Crippen LogP contribution in [-0.2, 0) is 4.79 Å². The molecule has 0 fully saturated rings. The molecule has 0 aromatic heterocycles. The molecular formula is C12H23N3O. The second-order valence-corrected chi connectivity index (χ2v) is 3.88. The number of carbonyl (C=O) groups is 1. The van der Waals surface area contributed by atoms with Crippen LogP contribution in [0.2, 0.25) is 0 Å². The van der Waals surface area contributed by atoms with E-state index in [0.29, 0.717) is 6.42 Å². The van der Waals surface area contributed by atoms with Gasteiger partial charge in [-0.2, -0.15) is 5.26 Å². The zero-order valence-corrected chi connectivity index (χ0v) is 10.5. The van der Waals surface area contributed by atoms with Crippen LogP contribution in [0.4, 0.5) is 0 Å². The van der Waals surface area contributed by atoms with Crippen molar-refractivity contribution in [2.24, 2.45) is 0 Å². The van der Waals surface area contributed by atoms with Crippen molar-refractivity contribution in [2.45, 2.75) is 39.5 Å². The van der Waals surface area contributed by atoms with E-state index in [4.69, 9.17) is 5.26 Å². The second kappa shape index (κ2) is 10.4. The molecule has 0 radical (unpaired) electrons. The van der Waals surface area contributed by atoms with Crippen molar-refractivity contribution in [1.82, 2.24) is 10.2 Å². The van der Waals surface area contributed by atoms with Gasteiger partial charge in [-0.25, -0.2) is 0 Å². The van der Waals surface area contributed by atoms with Gasteiger partial charge in [0.1, 0.15) is 6.54 Å². The van der Waals surface area contributed by atoms with Crippen LogP contribution in [-0.4, -0.2) is 37.0 Å². The molecular weight excluding hydrogens is 202 g/mol. The SMILES string of the molecule is CCCN(CCC)CCCC(=O)NCC#N. The highest BCUT2D eigenvalue weighted by Crippen LogP contribution is 1.98. The van der Waals surface area contributed by atoms with Gasteiger partial charge < -0.3 is 10.2 Å². The molecule has 16 heavy (non-hydrogen) atoms. The van der Waals surface area contributed by atoms with Gasteiger partial charge in [-0.05, 0) is 38.9 Å². The molecule has 0 rings (SSSR count). The number of hydrogen-bond acceptors (Lipinski definition) is 3. The summed E-state index contributed by atoms with van der Waals surface area (Å²) in [6, 6.07) is 1.90. The van der Waals surface area contributed by atoms with E-state index in [0.717, 1.165) is 38.9 Å². The van der Waals surface area contributed by atoms with Gasteiger partial charge in [-0.15, -0.1) is 0 Å². The molecule has 4 heteroatoms. The maximum atomic E-state index is 11.2. The van der Waals surface area contributed by atoms with Crippen molar-refractivity contribution in [1.29, 1.82) is 5.26 Å². The molecule has 0 atom stereocenters. The number of nitrogens with one attached hydrogen (secondary N) is 1. The van der Waals surface area contributed by atoms with Crippen LogP contribution in [0.5, 0.6) is 0 Å². The molecule has 0 aromatic carbocycles. The molecule has 0 aliphatic carbocycles. The lowest BCUT2D eigenvalue weighted by Gasteiger charge is -2.20. The quantitative estimate of drug-likeness (QED) is 0.605. The van der Waals surface area contributed by atoms with Crippen molar-refractivity contribution in [2.75, 3.05) is 26.2 Å². The fourth-order valence-electron chi connectivity index (χ4n) is 1.66. The Morgan fingerprint density at radius 1 is 1.25 bits per heavy atom. The third-order valence-electron chi connectivity index (χ3n) is 2.32. The molecule has 0 saturated carbocycles. The Morgan fingerprint density at radius 2 is 1.88 bits per heavy atom. The van der Waals surface area contributed by atoms with Gasteiger partial charge >= 0.3 is 0 Å². The van der Waals surface area contributed by atoms with Crippen LogP contribution in [0, 0.1) is 11.3 Å². The average molecular weight is 225 g/mol. The van der Waals surface area contributed by atoms with Crippen LogP contribution >= 0.6 is 0 Å². The minimum Gasteiger partial charge on any atom is -0.343 e. The highest BCUT2D eigenvalue weighted by Gasteiger charge is 2.04. The molecule has 1 amide bonds. The van der Waals surface area contributed by atoms with E-state index >= 15 is 0 Å². The summed E-state index contributed by atoms with van der Waals surface area (Å²) in [7, 11) is 0. The molecule has 0 bridgehead atoms. The highest BCUT2D eigenvalue weighted by molar-refractivity contribution is 5.76. The minimum atomic E-state index is -0.0190. The minimum absolute atomic E-state index is 0.0190. The fraction of sp³-hybridized carbons (Fsp3) is 0.833. The second-order valence-electron chi connectivity index (χ2n) is 3.88. The van der Waals surface area contributed by atoms with Crippen molar-refractivity contribution in [3.05, 3.63) is 0 Å². The summed E-state index contributed by atoms with van der Waals surface area (Å²) in [4.78, 5) is 13.6. The maximum absolute atomic E-state index is 11.2. The third kappa shape index (κ3) is 8.25. The number of nitriles is 1. The predicted octanol–water partition coefficient (Wildman–Crippen LogP) is 1.53. The molecule has 0 spiro atoms. The number of carbonyl (C=O) groups excluding carboxylic acids is 1. The molecule has 92 valence electrons. The Balaban J connectivity index is 3.60. The Bertz CT molecular complexity index is 217. The van der Waals surface area contributed by atoms with Gasteiger partial charge in [0.25, 0.3) is 0 Å². The molecule has 4 nitrogen and oxygen atoms in total. The van der Waals surface area contributed by atoms with Crippen LogP contribution < -0.4 is 5.32 Å². The number of nitrogens with zero attached hydrogens (tertiary/aromatic N) is 2. The van der Waals surface area contributed by atoms with E-state index in [1.807, 2.05) is 6.07 Å². The van der Waals surface area contributed by atoms with E-state index in [-0.39, 0.29) is 12.5 Å². The van der Waals surface area contributed by atoms with Gasteiger partial charge in [0.2, 0.25) is 5.91 Å². The lowest BCUT2D eigenvalue weighted by Crippen LogP contribution is -2.29. The maximum Gasteiger partial charge on any atom is 0.220 e. The molecule has 1 N–H and O–H groups in total. The summed E-state index contributed by atoms with van der Waals surface area (Å²) in [5.41, 5.74) is 0. The fourth-order valence-corrected chi connectivity index (χ4v) is 1.66. The van der Waals surface area contributed by atoms with E-state index < -0.39 is 0 Å². The van der Waals surface area contributed by atoms with Gasteiger partial charge in [-0.3, -0.25) is 4.79 Å². The van der Waals surface area contributed by atoms with Crippen LogP contribution in [0.25, 0.3) is 0 Å². The zero-order chi connectivity index (χ0) is 12.2. The molecule has 0 aliphatic heterocycles. The van der Waals surface area contributed by atoms with Gasteiger partial charge in [0.15, 0.2) is 0 Å². The average Bonchev–Trinajstić information content (AvgIpc) is 2.27.